The first kappa shape index (κ1) is 16.7. The maximum atomic E-state index is 9.17. The van der Waals surface area contributed by atoms with Crippen LogP contribution in [-0.4, -0.2) is 0 Å². The average Bonchev–Trinajstić information content (AvgIpc) is 3.26. The molecule has 3 nitrogen and oxygen atoms in total. The number of nitrogens with zero attached hydrogens (tertiary/aromatic N) is 2. The van der Waals surface area contributed by atoms with Gasteiger partial charge in [-0.1, -0.05) is 68.4 Å². The minimum absolute atomic E-state index is 0.155. The molecule has 34 heavy (non-hydrogen) atoms. The fourth-order valence-corrected chi connectivity index (χ4v) is 4.98. The lowest BCUT2D eigenvalue weighted by Crippen LogP contribution is -2.37. The van der Waals surface area contributed by atoms with E-state index in [4.69, 9.17) is 16.5 Å². The topological polar surface area (TPSA) is 21.4 Å². The lowest BCUT2D eigenvalue weighted by Gasteiger charge is -2.15. The lowest BCUT2D eigenvalue weighted by atomic mass is 9.93. The Morgan fingerprint density at radius 3 is 2.32 bits per heavy atom. The number of pyridine rings is 1. The summed E-state index contributed by atoms with van der Waals surface area (Å²) in [6, 6.07) is 17.6. The van der Waals surface area contributed by atoms with Crippen molar-refractivity contribution in [2.45, 2.75) is 40.4 Å². The van der Waals surface area contributed by atoms with Crippen LogP contribution < -0.4 is 4.57 Å². The summed E-state index contributed by atoms with van der Waals surface area (Å²) in [6.45, 7) is 12.1. The van der Waals surface area contributed by atoms with Crippen molar-refractivity contribution in [1.82, 2.24) is 0 Å². The molecule has 1 unspecified atom stereocenters. The Balaban J connectivity index is 1.90. The minimum atomic E-state index is -2.56. The van der Waals surface area contributed by atoms with Crippen LogP contribution in [0.5, 0.6) is 0 Å². The Kier molecular flexibility index (Phi) is 4.00. The number of benzene rings is 3. The Morgan fingerprint density at radius 1 is 0.971 bits per heavy atom. The summed E-state index contributed by atoms with van der Waals surface area (Å²) in [7, 11) is 1.80. The number of fused-ring (bicyclic) bond motifs is 3. The zero-order valence-electron chi connectivity index (χ0n) is 25.0. The van der Waals surface area contributed by atoms with E-state index in [9.17, 15) is 1.37 Å². The van der Waals surface area contributed by atoms with E-state index in [1.807, 2.05) is 61.5 Å². The highest BCUT2D eigenvalue weighted by Gasteiger charge is 2.26. The Morgan fingerprint density at radius 2 is 1.65 bits per heavy atom. The van der Waals surface area contributed by atoms with Gasteiger partial charge < -0.3 is 4.42 Å². The molecule has 0 saturated carbocycles. The molecule has 5 aromatic rings. The summed E-state index contributed by atoms with van der Waals surface area (Å²) in [5.74, 6) is -1.88. The van der Waals surface area contributed by atoms with Crippen molar-refractivity contribution in [3.63, 3.8) is 0 Å². The summed E-state index contributed by atoms with van der Waals surface area (Å²) in [5, 5.41) is 1.74. The summed E-state index contributed by atoms with van der Waals surface area (Å²) in [6.07, 6.45) is 0. The van der Waals surface area contributed by atoms with Crippen molar-refractivity contribution >= 4 is 27.6 Å². The van der Waals surface area contributed by atoms with Gasteiger partial charge in [0, 0.05) is 40.3 Å². The highest BCUT2D eigenvalue weighted by atomic mass is 16.3. The number of aryl methyl sites for hydroxylation is 1. The molecule has 0 N–H and O–H groups in total. The summed E-state index contributed by atoms with van der Waals surface area (Å²) in [5.41, 5.74) is 6.94. The maximum Gasteiger partial charge on any atom is 0.216 e. The number of rotatable bonds is 3. The Bertz CT molecular complexity index is 1800. The smallest absolute Gasteiger partial charge is 0.216 e. The Labute approximate surface area is 208 Å². The van der Waals surface area contributed by atoms with E-state index in [2.05, 4.69) is 4.85 Å². The molecule has 0 amide bonds. The number of hydrogen-bond donors (Lipinski definition) is 0. The van der Waals surface area contributed by atoms with E-state index in [-0.39, 0.29) is 6.04 Å². The van der Waals surface area contributed by atoms with E-state index in [0.29, 0.717) is 39.4 Å². The fraction of sp³-hybridized carbons (Fsp3) is 0.226. The average molecular weight is 451 g/mol. The van der Waals surface area contributed by atoms with Crippen molar-refractivity contribution in [3.8, 4) is 22.4 Å². The predicted molar refractivity (Wildman–Crippen MR) is 140 cm³/mol. The zero-order valence-corrected chi connectivity index (χ0v) is 20.0. The fourth-order valence-electron chi connectivity index (χ4n) is 4.98. The molecule has 0 saturated heterocycles. The lowest BCUT2D eigenvalue weighted by molar-refractivity contribution is -0.667. The molecule has 3 aromatic carbocycles. The van der Waals surface area contributed by atoms with Crippen molar-refractivity contribution in [3.05, 3.63) is 94.4 Å². The monoisotopic (exact) mass is 450 g/mol. The van der Waals surface area contributed by atoms with Crippen LogP contribution >= 0.6 is 0 Å². The van der Waals surface area contributed by atoms with Gasteiger partial charge in [-0.05, 0) is 36.4 Å². The number of furan rings is 1. The third kappa shape index (κ3) is 3.22. The van der Waals surface area contributed by atoms with Gasteiger partial charge in [0.15, 0.2) is 11.4 Å². The first-order chi connectivity index (χ1) is 18.3. The van der Waals surface area contributed by atoms with Crippen LogP contribution in [0, 0.1) is 27.3 Å². The summed E-state index contributed by atoms with van der Waals surface area (Å²) >= 11 is 0. The van der Waals surface area contributed by atoms with Gasteiger partial charge in [0.2, 0.25) is 5.69 Å². The molecule has 1 atom stereocenters. The molecule has 0 radical (unpaired) electrons. The van der Waals surface area contributed by atoms with E-state index in [1.54, 1.807) is 25.5 Å². The van der Waals surface area contributed by atoms with Crippen molar-refractivity contribution in [2.24, 2.45) is 7.05 Å². The SMILES string of the molecule is [2H]c1c(C)c(C([2H])(C)C([2H])([2H])[2H])c(C)[n+](C)c1-c1c(C)ccc2c1oc1c(-c3ccccc3)c([N+]#[C-])ccc12. The van der Waals surface area contributed by atoms with Gasteiger partial charge in [-0.15, -0.1) is 0 Å². The zero-order chi connectivity index (χ0) is 28.4. The first-order valence-corrected chi connectivity index (χ1v) is 11.2. The maximum absolute atomic E-state index is 9.17. The molecule has 2 aromatic heterocycles. The third-order valence-corrected chi connectivity index (χ3v) is 6.67. The third-order valence-electron chi connectivity index (χ3n) is 6.67. The molecule has 0 aliphatic rings. The molecule has 0 aliphatic carbocycles. The molecule has 0 bridgehead atoms. The van der Waals surface area contributed by atoms with Gasteiger partial charge in [-0.2, -0.15) is 4.57 Å². The molecular weight excluding hydrogens is 416 g/mol. The molecule has 2 heterocycles. The van der Waals surface area contributed by atoms with Gasteiger partial charge in [0.05, 0.1) is 13.5 Å². The molecule has 5 rings (SSSR count). The second kappa shape index (κ2) is 8.15. The van der Waals surface area contributed by atoms with Crippen LogP contribution in [0.1, 0.15) is 48.9 Å². The normalized spacial score (nSPS) is 15.7. The van der Waals surface area contributed by atoms with Crippen molar-refractivity contribution in [2.75, 3.05) is 0 Å². The van der Waals surface area contributed by atoms with E-state index >= 15 is 0 Å². The van der Waals surface area contributed by atoms with E-state index in [1.165, 1.54) is 6.92 Å². The van der Waals surface area contributed by atoms with Crippen molar-refractivity contribution in [1.29, 1.82) is 0 Å². The molecular formula is C31H29N2O+. The first-order valence-electron chi connectivity index (χ1n) is 13.7. The summed E-state index contributed by atoms with van der Waals surface area (Å²) in [4.78, 5) is 3.76. The van der Waals surface area contributed by atoms with Gasteiger partial charge in [0.25, 0.3) is 0 Å². The van der Waals surface area contributed by atoms with Crippen LogP contribution in [0.4, 0.5) is 5.69 Å². The standard InChI is InChI=1S/C31H29N2O/c1-18(2)27-20(4)17-26(33(7)21(27)5)28-19(3)13-14-23-24-15-16-25(32-6)29(31(24)34-30(23)28)22-11-9-8-10-12-22/h8-18H,1-5,7H3/q+1/i1D3,17D,18D. The van der Waals surface area contributed by atoms with Gasteiger partial charge in [-0.3, -0.25) is 0 Å². The molecule has 0 spiro atoms. The predicted octanol–water partition coefficient (Wildman–Crippen LogP) is 8.34. The van der Waals surface area contributed by atoms with Gasteiger partial charge in [-0.25, -0.2) is 4.85 Å². The van der Waals surface area contributed by atoms with Gasteiger partial charge >= 0.3 is 0 Å². The quantitative estimate of drug-likeness (QED) is 0.200. The minimum Gasteiger partial charge on any atom is -0.456 e. The summed E-state index contributed by atoms with van der Waals surface area (Å²) < 4.78 is 50.3. The number of aromatic nitrogens is 1. The highest BCUT2D eigenvalue weighted by molar-refractivity contribution is 6.15. The van der Waals surface area contributed by atoms with E-state index < -0.39 is 12.7 Å². The van der Waals surface area contributed by atoms with Crippen LogP contribution in [-0.2, 0) is 7.05 Å². The van der Waals surface area contributed by atoms with Crippen LogP contribution in [0.2, 0.25) is 0 Å². The van der Waals surface area contributed by atoms with Gasteiger partial charge in [0.1, 0.15) is 18.2 Å². The molecule has 3 heteroatoms. The van der Waals surface area contributed by atoms with E-state index in [0.717, 1.165) is 33.0 Å². The highest BCUT2D eigenvalue weighted by Crippen LogP contribution is 2.44. The molecule has 0 fully saturated rings. The Hall–Kier alpha value is -3.90. The van der Waals surface area contributed by atoms with Crippen LogP contribution in [0.25, 0.3) is 49.2 Å². The second-order valence-electron chi connectivity index (χ2n) is 8.79. The largest absolute Gasteiger partial charge is 0.456 e. The second-order valence-corrected chi connectivity index (χ2v) is 8.79. The van der Waals surface area contributed by atoms with Crippen LogP contribution in [0.15, 0.2) is 65.1 Å². The molecule has 0 aliphatic heterocycles. The number of hydrogen-bond acceptors (Lipinski definition) is 1. The van der Waals surface area contributed by atoms with Crippen LogP contribution in [0.3, 0.4) is 0 Å². The van der Waals surface area contributed by atoms with Crippen molar-refractivity contribution < 1.29 is 15.8 Å². The molecule has 168 valence electrons.